The van der Waals surface area contributed by atoms with Crippen molar-refractivity contribution in [2.45, 2.75) is 57.4 Å². The highest BCUT2D eigenvalue weighted by Gasteiger charge is 2.17. The Morgan fingerprint density at radius 1 is 1.29 bits per heavy atom. The van der Waals surface area contributed by atoms with E-state index in [9.17, 15) is 0 Å². The summed E-state index contributed by atoms with van der Waals surface area (Å²) in [7, 11) is 3.78. The number of hydrogen-bond acceptors (Lipinski definition) is 2. The van der Waals surface area contributed by atoms with E-state index in [-0.39, 0.29) is 0 Å². The molecule has 1 aromatic carbocycles. The number of likely N-dealkylation sites (N-methyl/N-ethyl adjacent to an activating group) is 1. The van der Waals surface area contributed by atoms with Crippen molar-refractivity contribution in [2.75, 3.05) is 14.2 Å². The summed E-state index contributed by atoms with van der Waals surface area (Å²) in [5.74, 6) is 1.88. The second-order valence-corrected chi connectivity index (χ2v) is 6.66. The molecule has 1 fully saturated rings. The van der Waals surface area contributed by atoms with Crippen LogP contribution in [0.2, 0.25) is 5.02 Å². The highest BCUT2D eigenvalue weighted by molar-refractivity contribution is 6.30. The van der Waals surface area contributed by atoms with Crippen molar-refractivity contribution in [3.8, 4) is 5.75 Å². The Bertz CT molecular complexity index is 429. The number of rotatable bonds is 7. The van der Waals surface area contributed by atoms with Gasteiger partial charge in [-0.1, -0.05) is 43.7 Å². The molecule has 0 heterocycles. The molecule has 1 unspecified atom stereocenters. The number of halogens is 1. The molecule has 1 atom stereocenters. The third-order valence-corrected chi connectivity index (χ3v) is 5.00. The van der Waals surface area contributed by atoms with Gasteiger partial charge in [0.25, 0.3) is 0 Å². The largest absolute Gasteiger partial charge is 0.496 e. The lowest BCUT2D eigenvalue weighted by Crippen LogP contribution is -2.28. The van der Waals surface area contributed by atoms with Crippen LogP contribution in [0.1, 0.15) is 50.5 Å². The van der Waals surface area contributed by atoms with Crippen LogP contribution >= 0.6 is 11.6 Å². The molecule has 118 valence electrons. The summed E-state index contributed by atoms with van der Waals surface area (Å²) in [6, 6.07) is 6.39. The van der Waals surface area contributed by atoms with Crippen molar-refractivity contribution in [3.05, 3.63) is 28.8 Å². The Hall–Kier alpha value is -0.730. The molecule has 1 aliphatic rings. The van der Waals surface area contributed by atoms with Crippen LogP contribution in [-0.2, 0) is 6.42 Å². The minimum atomic E-state index is 0.499. The normalized spacial score (nSPS) is 17.7. The molecule has 1 aliphatic carbocycles. The molecule has 0 saturated heterocycles. The average molecular weight is 310 g/mol. The molecule has 2 nitrogen and oxygen atoms in total. The zero-order chi connectivity index (χ0) is 15.1. The molecule has 1 saturated carbocycles. The summed E-state index contributed by atoms with van der Waals surface area (Å²) in [5.41, 5.74) is 1.20. The molecule has 21 heavy (non-hydrogen) atoms. The van der Waals surface area contributed by atoms with Gasteiger partial charge in [0, 0.05) is 11.1 Å². The third-order valence-electron chi connectivity index (χ3n) is 4.77. The number of hydrogen-bond donors (Lipinski definition) is 1. The topological polar surface area (TPSA) is 21.3 Å². The van der Waals surface area contributed by atoms with Crippen LogP contribution in [0.25, 0.3) is 0 Å². The lowest BCUT2D eigenvalue weighted by molar-refractivity contribution is 0.315. The molecule has 2 rings (SSSR count). The molecular formula is C18H28ClNO. The van der Waals surface area contributed by atoms with E-state index in [1.165, 1.54) is 50.5 Å². The highest BCUT2D eigenvalue weighted by atomic mass is 35.5. The van der Waals surface area contributed by atoms with Crippen molar-refractivity contribution < 1.29 is 4.74 Å². The Kier molecular flexibility index (Phi) is 6.85. The van der Waals surface area contributed by atoms with Gasteiger partial charge < -0.3 is 10.1 Å². The fourth-order valence-corrected chi connectivity index (χ4v) is 3.63. The molecule has 0 aliphatic heterocycles. The second-order valence-electron chi connectivity index (χ2n) is 6.23. The van der Waals surface area contributed by atoms with Crippen molar-refractivity contribution in [1.82, 2.24) is 5.32 Å². The summed E-state index contributed by atoms with van der Waals surface area (Å²) in [5, 5.41) is 4.25. The Labute approximate surface area is 134 Å². The van der Waals surface area contributed by atoms with E-state index in [1.807, 2.05) is 18.2 Å². The van der Waals surface area contributed by atoms with Gasteiger partial charge in [-0.25, -0.2) is 0 Å². The van der Waals surface area contributed by atoms with Crippen LogP contribution in [0.15, 0.2) is 18.2 Å². The first-order valence-corrected chi connectivity index (χ1v) is 8.60. The predicted octanol–water partition coefficient (Wildman–Crippen LogP) is 4.84. The number of methoxy groups -OCH3 is 1. The summed E-state index contributed by atoms with van der Waals surface area (Å²) >= 11 is 6.12. The standard InChI is InChI=1S/C18H28ClNO/c1-20-17(10-8-14-6-4-3-5-7-14)13-15-12-16(19)9-11-18(15)21-2/h9,11-12,14,17,20H,3-8,10,13H2,1-2H3. The van der Waals surface area contributed by atoms with Gasteiger partial charge in [-0.05, 0) is 56.0 Å². The summed E-state index contributed by atoms with van der Waals surface area (Å²) in [6.07, 6.45) is 10.7. The molecular weight excluding hydrogens is 282 g/mol. The Morgan fingerprint density at radius 2 is 2.05 bits per heavy atom. The number of ether oxygens (including phenoxy) is 1. The molecule has 0 amide bonds. The first-order valence-electron chi connectivity index (χ1n) is 8.22. The molecule has 1 N–H and O–H groups in total. The monoisotopic (exact) mass is 309 g/mol. The Morgan fingerprint density at radius 3 is 2.71 bits per heavy atom. The minimum Gasteiger partial charge on any atom is -0.496 e. The van der Waals surface area contributed by atoms with Crippen molar-refractivity contribution in [1.29, 1.82) is 0 Å². The Balaban J connectivity index is 1.90. The molecule has 0 radical (unpaired) electrons. The van der Waals surface area contributed by atoms with E-state index in [0.717, 1.165) is 23.1 Å². The first kappa shape index (κ1) is 16.6. The first-order chi connectivity index (χ1) is 10.2. The van der Waals surface area contributed by atoms with E-state index >= 15 is 0 Å². The summed E-state index contributed by atoms with van der Waals surface area (Å²) < 4.78 is 5.45. The van der Waals surface area contributed by atoms with Crippen LogP contribution < -0.4 is 10.1 Å². The fraction of sp³-hybridized carbons (Fsp3) is 0.667. The van der Waals surface area contributed by atoms with Crippen LogP contribution in [0.4, 0.5) is 0 Å². The van der Waals surface area contributed by atoms with E-state index < -0.39 is 0 Å². The van der Waals surface area contributed by atoms with Gasteiger partial charge in [-0.3, -0.25) is 0 Å². The zero-order valence-corrected chi connectivity index (χ0v) is 14.1. The van der Waals surface area contributed by atoms with Gasteiger partial charge in [0.2, 0.25) is 0 Å². The average Bonchev–Trinajstić information content (AvgIpc) is 2.52. The number of nitrogens with one attached hydrogen (secondary N) is 1. The predicted molar refractivity (Wildman–Crippen MR) is 90.4 cm³/mol. The maximum absolute atomic E-state index is 6.12. The van der Waals surface area contributed by atoms with Gasteiger partial charge in [-0.15, -0.1) is 0 Å². The maximum atomic E-state index is 6.12. The zero-order valence-electron chi connectivity index (χ0n) is 13.3. The smallest absolute Gasteiger partial charge is 0.122 e. The van der Waals surface area contributed by atoms with Gasteiger partial charge in [-0.2, -0.15) is 0 Å². The van der Waals surface area contributed by atoms with Gasteiger partial charge in [0.1, 0.15) is 5.75 Å². The third kappa shape index (κ3) is 5.19. The molecule has 0 aromatic heterocycles. The minimum absolute atomic E-state index is 0.499. The van der Waals surface area contributed by atoms with Gasteiger partial charge in [0.15, 0.2) is 0 Å². The van der Waals surface area contributed by atoms with Crippen molar-refractivity contribution in [3.63, 3.8) is 0 Å². The lowest BCUT2D eigenvalue weighted by atomic mass is 9.84. The number of benzene rings is 1. The molecule has 1 aromatic rings. The van der Waals surface area contributed by atoms with E-state index in [2.05, 4.69) is 12.4 Å². The van der Waals surface area contributed by atoms with Gasteiger partial charge in [0.05, 0.1) is 7.11 Å². The van der Waals surface area contributed by atoms with Crippen molar-refractivity contribution >= 4 is 11.6 Å². The van der Waals surface area contributed by atoms with Crippen molar-refractivity contribution in [2.24, 2.45) is 5.92 Å². The SMILES string of the molecule is CNC(CCC1CCCCC1)Cc1cc(Cl)ccc1OC. The molecule has 0 bridgehead atoms. The van der Waals surface area contributed by atoms with Gasteiger partial charge >= 0.3 is 0 Å². The summed E-state index contributed by atoms with van der Waals surface area (Å²) in [6.45, 7) is 0. The van der Waals surface area contributed by atoms with Crippen LogP contribution in [0.5, 0.6) is 5.75 Å². The van der Waals surface area contributed by atoms with Crippen LogP contribution in [0, 0.1) is 5.92 Å². The lowest BCUT2D eigenvalue weighted by Gasteiger charge is -2.24. The van der Waals surface area contributed by atoms with E-state index in [1.54, 1.807) is 7.11 Å². The fourth-order valence-electron chi connectivity index (χ4n) is 3.43. The maximum Gasteiger partial charge on any atom is 0.122 e. The quantitative estimate of drug-likeness (QED) is 0.778. The second kappa shape index (κ2) is 8.65. The van der Waals surface area contributed by atoms with E-state index in [0.29, 0.717) is 6.04 Å². The van der Waals surface area contributed by atoms with E-state index in [4.69, 9.17) is 16.3 Å². The highest BCUT2D eigenvalue weighted by Crippen LogP contribution is 2.29. The summed E-state index contributed by atoms with van der Waals surface area (Å²) in [4.78, 5) is 0. The van der Waals surface area contributed by atoms with Crippen LogP contribution in [-0.4, -0.2) is 20.2 Å². The molecule has 0 spiro atoms. The molecule has 3 heteroatoms. The van der Waals surface area contributed by atoms with Crippen LogP contribution in [0.3, 0.4) is 0 Å².